The second-order valence-corrected chi connectivity index (χ2v) is 4.31. The van der Waals surface area contributed by atoms with Crippen LogP contribution in [0.4, 0.5) is 5.82 Å². The van der Waals surface area contributed by atoms with Crippen molar-refractivity contribution in [1.29, 1.82) is 0 Å². The van der Waals surface area contributed by atoms with Crippen molar-refractivity contribution >= 4 is 5.82 Å². The number of nitrogens with one attached hydrogen (secondary N) is 2. The molecule has 7 heteroatoms. The molecule has 2 heterocycles. The van der Waals surface area contributed by atoms with Crippen LogP contribution < -0.4 is 21.9 Å². The molecule has 0 amide bonds. The third kappa shape index (κ3) is 2.38. The molecule has 1 aromatic heterocycles. The van der Waals surface area contributed by atoms with Gasteiger partial charge in [-0.15, -0.1) is 5.10 Å². The lowest BCUT2D eigenvalue weighted by atomic mass is 10.1. The number of hydrogen-bond acceptors (Lipinski definition) is 5. The van der Waals surface area contributed by atoms with E-state index in [1.807, 2.05) is 0 Å². The van der Waals surface area contributed by atoms with Crippen LogP contribution in [0.15, 0.2) is 9.59 Å². The Hall–Kier alpha value is -1.63. The van der Waals surface area contributed by atoms with Crippen molar-refractivity contribution in [3.05, 3.63) is 20.8 Å². The molecule has 2 rings (SSSR count). The highest BCUT2D eigenvalue weighted by Crippen LogP contribution is 2.05. The molecule has 0 aliphatic carbocycles. The highest BCUT2D eigenvalue weighted by atomic mass is 16.2. The van der Waals surface area contributed by atoms with Crippen molar-refractivity contribution in [1.82, 2.24) is 19.7 Å². The lowest BCUT2D eigenvalue weighted by molar-refractivity contribution is 0.475. The maximum Gasteiger partial charge on any atom is 0.346 e. The average Bonchev–Trinajstić information content (AvgIpc) is 2.35. The Kier molecular flexibility index (Phi) is 3.28. The molecule has 1 aliphatic rings. The summed E-state index contributed by atoms with van der Waals surface area (Å²) in [7, 11) is 2.99. The van der Waals surface area contributed by atoms with Crippen molar-refractivity contribution in [2.45, 2.75) is 18.9 Å². The minimum Gasteiger partial charge on any atom is -0.360 e. The van der Waals surface area contributed by atoms with E-state index in [0.29, 0.717) is 0 Å². The summed E-state index contributed by atoms with van der Waals surface area (Å²) in [5, 5.41) is 10.3. The Morgan fingerprint density at radius 3 is 2.82 bits per heavy atom. The summed E-state index contributed by atoms with van der Waals surface area (Å²) >= 11 is 0. The highest BCUT2D eigenvalue weighted by Gasteiger charge is 2.16. The number of nitrogens with zero attached hydrogens (tertiary/aromatic N) is 3. The summed E-state index contributed by atoms with van der Waals surface area (Å²) in [4.78, 5) is 23.3. The Balaban J connectivity index is 2.27. The summed E-state index contributed by atoms with van der Waals surface area (Å²) in [6, 6.07) is 0.196. The molecule has 94 valence electrons. The summed E-state index contributed by atoms with van der Waals surface area (Å²) in [6.45, 7) is 1.82. The monoisotopic (exact) mass is 239 g/mol. The van der Waals surface area contributed by atoms with Gasteiger partial charge >= 0.3 is 5.69 Å². The minimum atomic E-state index is -0.415. The van der Waals surface area contributed by atoms with Crippen LogP contribution in [0.1, 0.15) is 12.8 Å². The minimum absolute atomic E-state index is 0.196. The van der Waals surface area contributed by atoms with Crippen LogP contribution >= 0.6 is 0 Å². The summed E-state index contributed by atoms with van der Waals surface area (Å²) in [5.74, 6) is 0.239. The van der Waals surface area contributed by atoms with Gasteiger partial charge in [0.1, 0.15) is 0 Å². The first-order valence-electron chi connectivity index (χ1n) is 5.71. The SMILES string of the molecule is Cn1nc(NC2CCCNC2)c(=O)n(C)c1=O. The normalized spacial score (nSPS) is 20.2. The number of aryl methyl sites for hydroxylation is 1. The second kappa shape index (κ2) is 4.70. The van der Waals surface area contributed by atoms with Crippen LogP contribution in [0.25, 0.3) is 0 Å². The molecule has 1 unspecified atom stereocenters. The predicted molar refractivity (Wildman–Crippen MR) is 64.2 cm³/mol. The highest BCUT2D eigenvalue weighted by molar-refractivity contribution is 5.31. The molecule has 17 heavy (non-hydrogen) atoms. The first kappa shape index (κ1) is 11.8. The van der Waals surface area contributed by atoms with Crippen LogP contribution in [0.3, 0.4) is 0 Å². The molecular formula is C10H17N5O2. The third-order valence-corrected chi connectivity index (χ3v) is 2.96. The van der Waals surface area contributed by atoms with E-state index in [9.17, 15) is 9.59 Å². The summed E-state index contributed by atoms with van der Waals surface area (Å²) in [5.41, 5.74) is -0.791. The van der Waals surface area contributed by atoms with Gasteiger partial charge in [0.2, 0.25) is 5.82 Å². The summed E-state index contributed by atoms with van der Waals surface area (Å²) in [6.07, 6.45) is 2.07. The molecule has 0 bridgehead atoms. The maximum atomic E-state index is 11.8. The molecular weight excluding hydrogens is 222 g/mol. The lowest BCUT2D eigenvalue weighted by Gasteiger charge is -2.24. The Bertz CT molecular complexity index is 512. The van der Waals surface area contributed by atoms with Gasteiger partial charge in [-0.05, 0) is 19.4 Å². The van der Waals surface area contributed by atoms with E-state index < -0.39 is 5.69 Å². The van der Waals surface area contributed by atoms with Gasteiger partial charge in [-0.25, -0.2) is 9.48 Å². The van der Waals surface area contributed by atoms with Crippen LogP contribution in [0, 0.1) is 0 Å². The smallest absolute Gasteiger partial charge is 0.346 e. The topological polar surface area (TPSA) is 81.0 Å². The van der Waals surface area contributed by atoms with Crippen molar-refractivity contribution in [2.24, 2.45) is 14.1 Å². The van der Waals surface area contributed by atoms with Gasteiger partial charge in [-0.3, -0.25) is 9.36 Å². The van der Waals surface area contributed by atoms with Gasteiger partial charge in [0, 0.05) is 26.7 Å². The van der Waals surface area contributed by atoms with E-state index in [-0.39, 0.29) is 17.4 Å². The van der Waals surface area contributed by atoms with Crippen molar-refractivity contribution in [2.75, 3.05) is 18.4 Å². The largest absolute Gasteiger partial charge is 0.360 e. The molecule has 0 saturated carbocycles. The van der Waals surface area contributed by atoms with E-state index in [1.54, 1.807) is 0 Å². The Morgan fingerprint density at radius 2 is 2.18 bits per heavy atom. The maximum absolute atomic E-state index is 11.8. The quantitative estimate of drug-likeness (QED) is 0.666. The van der Waals surface area contributed by atoms with E-state index >= 15 is 0 Å². The first-order chi connectivity index (χ1) is 8.09. The van der Waals surface area contributed by atoms with Gasteiger partial charge in [0.15, 0.2) is 0 Å². The zero-order valence-electron chi connectivity index (χ0n) is 10.1. The number of rotatable bonds is 2. The lowest BCUT2D eigenvalue weighted by Crippen LogP contribution is -2.44. The van der Waals surface area contributed by atoms with Gasteiger partial charge < -0.3 is 10.6 Å². The van der Waals surface area contributed by atoms with Crippen LogP contribution in [0.2, 0.25) is 0 Å². The molecule has 0 aromatic carbocycles. The fourth-order valence-electron chi connectivity index (χ4n) is 1.96. The molecule has 0 radical (unpaired) electrons. The molecule has 1 aromatic rings. The van der Waals surface area contributed by atoms with Crippen molar-refractivity contribution in [3.63, 3.8) is 0 Å². The van der Waals surface area contributed by atoms with E-state index in [4.69, 9.17) is 0 Å². The van der Waals surface area contributed by atoms with Gasteiger partial charge in [0.25, 0.3) is 5.56 Å². The standard InChI is InChI=1S/C10H17N5O2/c1-14-9(16)8(13-15(2)10(14)17)12-7-4-3-5-11-6-7/h7,11H,3-6H2,1-2H3,(H,12,13). The summed E-state index contributed by atoms with van der Waals surface area (Å²) < 4.78 is 2.23. The van der Waals surface area contributed by atoms with Gasteiger partial charge in [-0.1, -0.05) is 0 Å². The number of piperidine rings is 1. The number of hydrogen-bond donors (Lipinski definition) is 2. The van der Waals surface area contributed by atoms with Gasteiger partial charge in [-0.2, -0.15) is 0 Å². The average molecular weight is 239 g/mol. The van der Waals surface area contributed by atoms with Crippen molar-refractivity contribution < 1.29 is 0 Å². The fourth-order valence-corrected chi connectivity index (χ4v) is 1.96. The Morgan fingerprint density at radius 1 is 1.41 bits per heavy atom. The van der Waals surface area contributed by atoms with E-state index in [1.165, 1.54) is 18.8 Å². The zero-order valence-corrected chi connectivity index (χ0v) is 10.1. The first-order valence-corrected chi connectivity index (χ1v) is 5.71. The van der Waals surface area contributed by atoms with Gasteiger partial charge in [0.05, 0.1) is 0 Å². The molecule has 2 N–H and O–H groups in total. The Labute approximate surface area is 98.5 Å². The predicted octanol–water partition coefficient (Wildman–Crippen LogP) is -1.36. The molecule has 0 spiro atoms. The van der Waals surface area contributed by atoms with Crippen LogP contribution in [-0.4, -0.2) is 33.5 Å². The molecule has 1 atom stereocenters. The van der Waals surface area contributed by atoms with Crippen LogP contribution in [0.5, 0.6) is 0 Å². The van der Waals surface area contributed by atoms with E-state index in [0.717, 1.165) is 30.5 Å². The molecule has 1 saturated heterocycles. The number of aromatic nitrogens is 3. The van der Waals surface area contributed by atoms with E-state index in [2.05, 4.69) is 15.7 Å². The number of anilines is 1. The van der Waals surface area contributed by atoms with Crippen LogP contribution in [-0.2, 0) is 14.1 Å². The molecule has 1 fully saturated rings. The van der Waals surface area contributed by atoms with Crippen molar-refractivity contribution in [3.8, 4) is 0 Å². The second-order valence-electron chi connectivity index (χ2n) is 4.31. The third-order valence-electron chi connectivity index (χ3n) is 2.96. The zero-order chi connectivity index (χ0) is 12.4. The fraction of sp³-hybridized carbons (Fsp3) is 0.700. The molecule has 7 nitrogen and oxygen atoms in total. The molecule has 1 aliphatic heterocycles.